The van der Waals surface area contributed by atoms with Crippen LogP contribution in [0, 0.1) is 13.8 Å². The van der Waals surface area contributed by atoms with Crippen molar-refractivity contribution in [2.45, 2.75) is 33.6 Å². The van der Waals surface area contributed by atoms with Gasteiger partial charge in [0, 0.05) is 29.9 Å². The van der Waals surface area contributed by atoms with Crippen molar-refractivity contribution in [2.24, 2.45) is 0 Å². The van der Waals surface area contributed by atoms with Crippen molar-refractivity contribution in [3.63, 3.8) is 0 Å². The second kappa shape index (κ2) is 9.39. The van der Waals surface area contributed by atoms with Crippen LogP contribution in [0.15, 0.2) is 58.0 Å². The molecule has 0 fully saturated rings. The first kappa shape index (κ1) is 21.3. The number of ether oxygens (including phenoxy) is 1. The highest BCUT2D eigenvalue weighted by atomic mass is 16.5. The van der Waals surface area contributed by atoms with E-state index in [1.165, 1.54) is 0 Å². The molecular formula is C24H26N2O4. The van der Waals surface area contributed by atoms with Gasteiger partial charge in [-0.05, 0) is 68.2 Å². The number of nitrogens with one attached hydrogen (secondary N) is 1. The summed E-state index contributed by atoms with van der Waals surface area (Å²) < 4.78 is 11.3. The normalized spacial score (nSPS) is 10.8. The van der Waals surface area contributed by atoms with Gasteiger partial charge in [0.2, 0.25) is 5.91 Å². The maximum atomic E-state index is 12.6. The number of fused-ring (bicyclic) bond motifs is 1. The van der Waals surface area contributed by atoms with Crippen LogP contribution in [0.2, 0.25) is 0 Å². The van der Waals surface area contributed by atoms with Crippen LogP contribution >= 0.6 is 0 Å². The first-order valence-electron chi connectivity index (χ1n) is 9.85. The molecule has 3 aromatic rings. The van der Waals surface area contributed by atoms with E-state index in [1.54, 1.807) is 12.4 Å². The second-order valence-electron chi connectivity index (χ2n) is 7.44. The average Bonchev–Trinajstić information content (AvgIpc) is 2.72. The summed E-state index contributed by atoms with van der Waals surface area (Å²) in [5.41, 5.74) is 3.86. The molecule has 2 heterocycles. The van der Waals surface area contributed by atoms with Gasteiger partial charge in [0.15, 0.2) is 0 Å². The molecule has 0 saturated heterocycles. The first-order valence-corrected chi connectivity index (χ1v) is 9.85. The van der Waals surface area contributed by atoms with Gasteiger partial charge in [-0.15, -0.1) is 0 Å². The summed E-state index contributed by atoms with van der Waals surface area (Å²) in [5.74, 6) is 0.437. The van der Waals surface area contributed by atoms with E-state index in [2.05, 4.69) is 16.9 Å². The maximum Gasteiger partial charge on any atom is 0.340 e. The van der Waals surface area contributed by atoms with E-state index < -0.39 is 5.63 Å². The maximum absolute atomic E-state index is 12.6. The predicted molar refractivity (Wildman–Crippen MR) is 117 cm³/mol. The molecule has 0 spiro atoms. The Labute approximate surface area is 175 Å². The Morgan fingerprint density at radius 2 is 1.90 bits per heavy atom. The Bertz CT molecular complexity index is 1130. The van der Waals surface area contributed by atoms with E-state index in [1.807, 2.05) is 45.0 Å². The molecule has 30 heavy (non-hydrogen) atoms. The van der Waals surface area contributed by atoms with E-state index in [4.69, 9.17) is 9.15 Å². The summed E-state index contributed by atoms with van der Waals surface area (Å²) in [6, 6.07) is 7.53. The third-order valence-corrected chi connectivity index (χ3v) is 4.95. The summed E-state index contributed by atoms with van der Waals surface area (Å²) >= 11 is 0. The van der Waals surface area contributed by atoms with Crippen molar-refractivity contribution < 1.29 is 13.9 Å². The fourth-order valence-electron chi connectivity index (χ4n) is 3.25. The summed E-state index contributed by atoms with van der Waals surface area (Å²) in [5, 5.41) is 3.66. The lowest BCUT2D eigenvalue weighted by molar-refractivity contribution is -0.120. The van der Waals surface area contributed by atoms with E-state index in [-0.39, 0.29) is 12.3 Å². The van der Waals surface area contributed by atoms with Crippen LogP contribution in [0.25, 0.3) is 11.0 Å². The molecule has 1 N–H and O–H groups in total. The molecule has 0 radical (unpaired) electrons. The molecule has 0 saturated carbocycles. The van der Waals surface area contributed by atoms with Crippen molar-refractivity contribution in [2.75, 3.05) is 13.2 Å². The predicted octanol–water partition coefficient (Wildman–Crippen LogP) is 3.66. The number of rotatable bonds is 8. The Balaban J connectivity index is 1.76. The van der Waals surface area contributed by atoms with E-state index in [9.17, 15) is 9.59 Å². The minimum absolute atomic E-state index is 0.0204. The van der Waals surface area contributed by atoms with Gasteiger partial charge in [-0.3, -0.25) is 9.78 Å². The number of amides is 1. The summed E-state index contributed by atoms with van der Waals surface area (Å²) in [7, 11) is 0. The topological polar surface area (TPSA) is 81.4 Å². The third-order valence-electron chi connectivity index (χ3n) is 4.95. The molecule has 3 rings (SSSR count). The van der Waals surface area contributed by atoms with Gasteiger partial charge in [-0.1, -0.05) is 6.58 Å². The minimum atomic E-state index is -0.496. The standard InChI is InChI=1S/C24H26N2O4/c1-15(2)14-29-21-6-5-19-16(3)20(24(28)30-23(19)17(21)4)13-22(27)26-12-9-18-7-10-25-11-8-18/h5-8,10-11H,1,9,12-14H2,2-4H3,(H,26,27). The lowest BCUT2D eigenvalue weighted by Crippen LogP contribution is -2.29. The molecule has 0 bridgehead atoms. The van der Waals surface area contributed by atoms with Crippen molar-refractivity contribution in [3.05, 3.63) is 81.5 Å². The summed E-state index contributed by atoms with van der Waals surface area (Å²) in [6.45, 7) is 10.3. The Morgan fingerprint density at radius 1 is 1.17 bits per heavy atom. The Kier molecular flexibility index (Phi) is 6.67. The fraction of sp³-hybridized carbons (Fsp3) is 0.292. The second-order valence-corrected chi connectivity index (χ2v) is 7.44. The van der Waals surface area contributed by atoms with Gasteiger partial charge in [-0.25, -0.2) is 4.79 Å². The van der Waals surface area contributed by atoms with Crippen molar-refractivity contribution >= 4 is 16.9 Å². The van der Waals surface area contributed by atoms with Crippen LogP contribution in [-0.2, 0) is 17.6 Å². The number of carbonyl (C=O) groups is 1. The molecule has 2 aromatic heterocycles. The molecule has 0 aliphatic heterocycles. The Morgan fingerprint density at radius 3 is 2.60 bits per heavy atom. The van der Waals surface area contributed by atoms with E-state index in [0.29, 0.717) is 36.5 Å². The largest absolute Gasteiger partial charge is 0.489 e. The van der Waals surface area contributed by atoms with Crippen LogP contribution in [0.4, 0.5) is 0 Å². The smallest absolute Gasteiger partial charge is 0.340 e. The molecule has 0 atom stereocenters. The van der Waals surface area contributed by atoms with Crippen LogP contribution in [0.1, 0.15) is 29.2 Å². The van der Waals surface area contributed by atoms with E-state index >= 15 is 0 Å². The van der Waals surface area contributed by atoms with Gasteiger partial charge >= 0.3 is 5.63 Å². The van der Waals surface area contributed by atoms with Gasteiger partial charge in [0.25, 0.3) is 0 Å². The zero-order chi connectivity index (χ0) is 21.7. The highest BCUT2D eigenvalue weighted by Gasteiger charge is 2.17. The lowest BCUT2D eigenvalue weighted by Gasteiger charge is -2.13. The summed E-state index contributed by atoms with van der Waals surface area (Å²) in [6.07, 6.45) is 4.12. The van der Waals surface area contributed by atoms with Crippen LogP contribution < -0.4 is 15.7 Å². The van der Waals surface area contributed by atoms with E-state index in [0.717, 1.165) is 27.6 Å². The quantitative estimate of drug-likeness (QED) is 0.456. The highest BCUT2D eigenvalue weighted by Crippen LogP contribution is 2.29. The number of aryl methyl sites for hydroxylation is 2. The number of pyridine rings is 1. The van der Waals surface area contributed by atoms with Crippen LogP contribution in [0.3, 0.4) is 0 Å². The minimum Gasteiger partial charge on any atom is -0.489 e. The molecule has 0 aliphatic carbocycles. The fourth-order valence-corrected chi connectivity index (χ4v) is 3.25. The number of carbonyl (C=O) groups excluding carboxylic acids is 1. The molecule has 1 amide bonds. The zero-order valence-electron chi connectivity index (χ0n) is 17.6. The van der Waals surface area contributed by atoms with Gasteiger partial charge in [0.1, 0.15) is 17.9 Å². The molecule has 6 heteroatoms. The molecule has 0 unspecified atom stereocenters. The zero-order valence-corrected chi connectivity index (χ0v) is 17.6. The summed E-state index contributed by atoms with van der Waals surface area (Å²) in [4.78, 5) is 29.0. The van der Waals surface area contributed by atoms with Gasteiger partial charge in [0.05, 0.1) is 12.0 Å². The first-order chi connectivity index (χ1) is 14.4. The monoisotopic (exact) mass is 406 g/mol. The molecular weight excluding hydrogens is 380 g/mol. The van der Waals surface area contributed by atoms with Crippen molar-refractivity contribution in [1.82, 2.24) is 10.3 Å². The lowest BCUT2D eigenvalue weighted by atomic mass is 10.0. The third kappa shape index (κ3) is 4.95. The Hall–Kier alpha value is -3.41. The van der Waals surface area contributed by atoms with Crippen LogP contribution in [-0.4, -0.2) is 24.0 Å². The molecule has 6 nitrogen and oxygen atoms in total. The number of hydrogen-bond acceptors (Lipinski definition) is 5. The molecule has 0 aliphatic rings. The van der Waals surface area contributed by atoms with Crippen molar-refractivity contribution in [3.8, 4) is 5.75 Å². The van der Waals surface area contributed by atoms with Crippen molar-refractivity contribution in [1.29, 1.82) is 0 Å². The number of aromatic nitrogens is 1. The molecule has 1 aromatic carbocycles. The SMILES string of the molecule is C=C(C)COc1ccc2c(C)c(CC(=O)NCCc3ccncc3)c(=O)oc2c1C. The number of hydrogen-bond donors (Lipinski definition) is 1. The average molecular weight is 406 g/mol. The van der Waals surface area contributed by atoms with Crippen LogP contribution in [0.5, 0.6) is 5.75 Å². The number of nitrogens with zero attached hydrogens (tertiary/aromatic N) is 1. The number of benzene rings is 1. The molecule has 156 valence electrons. The van der Waals surface area contributed by atoms with Gasteiger partial charge < -0.3 is 14.5 Å². The van der Waals surface area contributed by atoms with Gasteiger partial charge in [-0.2, -0.15) is 0 Å². The highest BCUT2D eigenvalue weighted by molar-refractivity contribution is 5.87.